The highest BCUT2D eigenvalue weighted by molar-refractivity contribution is 7.92. The molecule has 242 valence electrons. The van der Waals surface area contributed by atoms with E-state index in [2.05, 4.69) is 19.2 Å². The summed E-state index contributed by atoms with van der Waals surface area (Å²) in [4.78, 5) is 30.2. The van der Waals surface area contributed by atoms with Crippen LogP contribution in [0, 0.1) is 6.92 Å². The number of nitrogens with one attached hydrogen (secondary N) is 1. The number of benzene rings is 4. The zero-order chi connectivity index (χ0) is 33.3. The highest BCUT2D eigenvalue weighted by Gasteiger charge is 2.35. The van der Waals surface area contributed by atoms with Gasteiger partial charge in [0, 0.05) is 19.0 Å². The van der Waals surface area contributed by atoms with Gasteiger partial charge in [-0.1, -0.05) is 106 Å². The number of hydrogen-bond acceptors (Lipinski definition) is 4. The molecular formula is C38H45N3O4S. The van der Waals surface area contributed by atoms with E-state index in [1.54, 1.807) is 35.2 Å². The first-order valence-electron chi connectivity index (χ1n) is 15.9. The molecule has 46 heavy (non-hydrogen) atoms. The first kappa shape index (κ1) is 34.4. The fourth-order valence-corrected chi connectivity index (χ4v) is 6.68. The van der Waals surface area contributed by atoms with E-state index < -0.39 is 28.5 Å². The molecule has 0 unspecified atom stereocenters. The molecule has 0 saturated carbocycles. The summed E-state index contributed by atoms with van der Waals surface area (Å²) >= 11 is 0. The number of carbonyl (C=O) groups is 2. The van der Waals surface area contributed by atoms with Crippen molar-refractivity contribution >= 4 is 27.5 Å². The lowest BCUT2D eigenvalue weighted by Crippen LogP contribution is -2.54. The third-order valence-electron chi connectivity index (χ3n) is 8.33. The van der Waals surface area contributed by atoms with Crippen LogP contribution in [0.25, 0.3) is 0 Å². The molecule has 0 spiro atoms. The Balaban J connectivity index is 1.82. The summed E-state index contributed by atoms with van der Waals surface area (Å²) in [7, 11) is -4.14. The van der Waals surface area contributed by atoms with Crippen molar-refractivity contribution in [2.45, 2.75) is 76.9 Å². The third-order valence-corrected chi connectivity index (χ3v) is 10.1. The van der Waals surface area contributed by atoms with Gasteiger partial charge in [0.05, 0.1) is 10.6 Å². The smallest absolute Gasteiger partial charge is 0.264 e. The Labute approximate surface area is 274 Å². The molecule has 0 aliphatic carbocycles. The topological polar surface area (TPSA) is 86.8 Å². The van der Waals surface area contributed by atoms with Gasteiger partial charge in [0.25, 0.3) is 10.0 Å². The van der Waals surface area contributed by atoms with Crippen molar-refractivity contribution in [3.05, 3.63) is 131 Å². The molecule has 0 aliphatic heterocycles. The Morgan fingerprint density at radius 2 is 1.37 bits per heavy atom. The van der Waals surface area contributed by atoms with Crippen LogP contribution in [-0.2, 0) is 32.6 Å². The quantitative estimate of drug-likeness (QED) is 0.163. The third kappa shape index (κ3) is 8.63. The molecule has 4 aromatic rings. The van der Waals surface area contributed by atoms with Crippen molar-refractivity contribution in [2.75, 3.05) is 10.8 Å². The number of rotatable bonds is 14. The fraction of sp³-hybridized carbons (Fsp3) is 0.316. The average Bonchev–Trinajstić information content (AvgIpc) is 3.06. The number of sulfonamides is 1. The molecular weight excluding hydrogens is 595 g/mol. The summed E-state index contributed by atoms with van der Waals surface area (Å²) in [5.74, 6) is -0.503. The van der Waals surface area contributed by atoms with Crippen LogP contribution in [0.5, 0.6) is 0 Å². The van der Waals surface area contributed by atoms with Crippen LogP contribution in [0.15, 0.2) is 114 Å². The Kier molecular flexibility index (Phi) is 11.8. The van der Waals surface area contributed by atoms with Crippen molar-refractivity contribution in [3.63, 3.8) is 0 Å². The molecule has 7 nitrogen and oxygen atoms in total. The molecule has 1 N–H and O–H groups in total. The number of hydrogen-bond donors (Lipinski definition) is 1. The number of aryl methyl sites for hydroxylation is 1. The summed E-state index contributed by atoms with van der Waals surface area (Å²) in [5, 5.41) is 3.08. The van der Waals surface area contributed by atoms with Crippen molar-refractivity contribution < 1.29 is 18.0 Å². The number of nitrogens with zero attached hydrogens (tertiary/aromatic N) is 2. The highest BCUT2D eigenvalue weighted by atomic mass is 32.2. The van der Waals surface area contributed by atoms with E-state index in [-0.39, 0.29) is 35.7 Å². The van der Waals surface area contributed by atoms with Gasteiger partial charge in [-0.3, -0.25) is 13.9 Å². The molecule has 0 aromatic heterocycles. The van der Waals surface area contributed by atoms with Gasteiger partial charge in [-0.25, -0.2) is 8.42 Å². The lowest BCUT2D eigenvalue weighted by Gasteiger charge is -2.34. The van der Waals surface area contributed by atoms with Crippen LogP contribution in [0.1, 0.15) is 62.3 Å². The summed E-state index contributed by atoms with van der Waals surface area (Å²) in [6.45, 7) is 9.68. The predicted octanol–water partition coefficient (Wildman–Crippen LogP) is 6.87. The van der Waals surface area contributed by atoms with Gasteiger partial charge in [-0.05, 0) is 72.7 Å². The second-order valence-electron chi connectivity index (χ2n) is 12.0. The van der Waals surface area contributed by atoms with Crippen molar-refractivity contribution in [3.8, 4) is 0 Å². The van der Waals surface area contributed by atoms with Gasteiger partial charge in [0.2, 0.25) is 11.8 Å². The molecule has 0 fully saturated rings. The SMILES string of the molecule is CC[C@H](C)NC(=O)[C@@H](Cc1ccccc1)N(Cc1ccccc1C)C(=O)CN(c1ccc(C(C)C)cc1)S(=O)(=O)c1ccccc1. The Morgan fingerprint density at radius 1 is 0.783 bits per heavy atom. The molecule has 4 aromatic carbocycles. The van der Waals surface area contributed by atoms with E-state index in [9.17, 15) is 18.0 Å². The Morgan fingerprint density at radius 3 is 1.96 bits per heavy atom. The zero-order valence-electron chi connectivity index (χ0n) is 27.4. The second kappa shape index (κ2) is 15.7. The highest BCUT2D eigenvalue weighted by Crippen LogP contribution is 2.27. The van der Waals surface area contributed by atoms with E-state index >= 15 is 0 Å². The minimum absolute atomic E-state index is 0.0801. The van der Waals surface area contributed by atoms with Crippen molar-refractivity contribution in [1.82, 2.24) is 10.2 Å². The standard InChI is InChI=1S/C38H45N3O4S/c1-6-30(5)39-38(43)36(25-31-16-9-7-10-17-31)40(26-33-18-14-13-15-29(33)4)37(42)27-41(34-23-21-32(22-24-34)28(2)3)46(44,45)35-19-11-8-12-20-35/h7-24,28,30,36H,6,25-27H2,1-5H3,(H,39,43)/t30-,36+/m0/s1. The monoisotopic (exact) mass is 639 g/mol. The minimum atomic E-state index is -4.14. The molecule has 0 bridgehead atoms. The first-order chi connectivity index (χ1) is 22.0. The fourth-order valence-electron chi connectivity index (χ4n) is 5.24. The van der Waals surface area contributed by atoms with Crippen LogP contribution in [0.3, 0.4) is 0 Å². The van der Waals surface area contributed by atoms with E-state index in [0.717, 1.165) is 33.0 Å². The summed E-state index contributed by atoms with van der Waals surface area (Å²) < 4.78 is 29.5. The maximum Gasteiger partial charge on any atom is 0.264 e. The maximum atomic E-state index is 14.6. The van der Waals surface area contributed by atoms with E-state index in [4.69, 9.17) is 0 Å². The van der Waals surface area contributed by atoms with Crippen LogP contribution >= 0.6 is 0 Å². The maximum absolute atomic E-state index is 14.6. The number of carbonyl (C=O) groups excluding carboxylic acids is 2. The molecule has 2 atom stereocenters. The Hall–Kier alpha value is -4.43. The van der Waals surface area contributed by atoms with Gasteiger partial charge in [0.1, 0.15) is 12.6 Å². The molecule has 2 amide bonds. The lowest BCUT2D eigenvalue weighted by molar-refractivity contribution is -0.140. The zero-order valence-corrected chi connectivity index (χ0v) is 28.2. The minimum Gasteiger partial charge on any atom is -0.352 e. The van der Waals surface area contributed by atoms with Gasteiger partial charge in [-0.2, -0.15) is 0 Å². The van der Waals surface area contributed by atoms with E-state index in [1.807, 2.05) is 87.5 Å². The molecule has 0 saturated heterocycles. The van der Waals surface area contributed by atoms with Crippen LogP contribution in [0.2, 0.25) is 0 Å². The second-order valence-corrected chi connectivity index (χ2v) is 13.9. The first-order valence-corrected chi connectivity index (χ1v) is 17.3. The molecule has 0 radical (unpaired) electrons. The largest absolute Gasteiger partial charge is 0.352 e. The van der Waals surface area contributed by atoms with Gasteiger partial charge >= 0.3 is 0 Å². The molecule has 4 rings (SSSR count). The molecule has 0 aliphatic rings. The van der Waals surface area contributed by atoms with Crippen LogP contribution in [-0.4, -0.2) is 43.8 Å². The van der Waals surface area contributed by atoms with Crippen LogP contribution < -0.4 is 9.62 Å². The summed E-state index contributed by atoms with van der Waals surface area (Å²) in [6.07, 6.45) is 1.00. The average molecular weight is 640 g/mol. The lowest BCUT2D eigenvalue weighted by atomic mass is 10.0. The van der Waals surface area contributed by atoms with Crippen molar-refractivity contribution in [2.24, 2.45) is 0 Å². The van der Waals surface area contributed by atoms with Crippen LogP contribution in [0.4, 0.5) is 5.69 Å². The predicted molar refractivity (Wildman–Crippen MR) is 185 cm³/mol. The van der Waals surface area contributed by atoms with Gasteiger partial charge in [-0.15, -0.1) is 0 Å². The number of anilines is 1. The summed E-state index contributed by atoms with van der Waals surface area (Å²) in [5.41, 5.74) is 4.18. The van der Waals surface area contributed by atoms with E-state index in [0.29, 0.717) is 5.69 Å². The molecule has 0 heterocycles. The Bertz CT molecular complexity index is 1690. The van der Waals surface area contributed by atoms with Crippen molar-refractivity contribution in [1.29, 1.82) is 0 Å². The van der Waals surface area contributed by atoms with Gasteiger partial charge in [0.15, 0.2) is 0 Å². The molecule has 8 heteroatoms. The number of amides is 2. The van der Waals surface area contributed by atoms with Gasteiger partial charge < -0.3 is 10.2 Å². The summed E-state index contributed by atoms with van der Waals surface area (Å²) in [6, 6.07) is 31.7. The normalized spacial score (nSPS) is 12.7. The van der Waals surface area contributed by atoms with E-state index in [1.165, 1.54) is 12.1 Å².